The molecule has 4 heteroatoms. The Morgan fingerprint density at radius 1 is 1.21 bits per heavy atom. The fraction of sp³-hybridized carbons (Fsp3) is 0.933. The third kappa shape index (κ3) is 8.09. The van der Waals surface area contributed by atoms with Crippen LogP contribution in [-0.4, -0.2) is 39.3 Å². The molecular formula is C15H31N3O. The van der Waals surface area contributed by atoms with E-state index in [9.17, 15) is 0 Å². The van der Waals surface area contributed by atoms with Crippen molar-refractivity contribution in [1.29, 1.82) is 0 Å². The fourth-order valence-corrected chi connectivity index (χ4v) is 2.66. The van der Waals surface area contributed by atoms with Gasteiger partial charge in [0.05, 0.1) is 6.61 Å². The van der Waals surface area contributed by atoms with E-state index in [-0.39, 0.29) is 0 Å². The molecule has 2 N–H and O–H groups in total. The second-order valence-electron chi connectivity index (χ2n) is 5.33. The molecule has 1 aliphatic rings. The van der Waals surface area contributed by atoms with Crippen LogP contribution in [0.25, 0.3) is 0 Å². The van der Waals surface area contributed by atoms with Gasteiger partial charge in [0.1, 0.15) is 0 Å². The van der Waals surface area contributed by atoms with E-state index in [1.807, 2.05) is 0 Å². The quantitative estimate of drug-likeness (QED) is 0.404. The summed E-state index contributed by atoms with van der Waals surface area (Å²) < 4.78 is 5.03. The minimum atomic E-state index is 0.715. The van der Waals surface area contributed by atoms with Gasteiger partial charge in [-0.15, -0.1) is 0 Å². The van der Waals surface area contributed by atoms with Gasteiger partial charge in [0, 0.05) is 26.7 Å². The number of guanidine groups is 1. The van der Waals surface area contributed by atoms with Crippen molar-refractivity contribution in [2.75, 3.05) is 33.4 Å². The number of methoxy groups -OCH3 is 1. The summed E-state index contributed by atoms with van der Waals surface area (Å²) in [6, 6.07) is 0. The van der Waals surface area contributed by atoms with Crippen LogP contribution in [0.4, 0.5) is 0 Å². The summed E-state index contributed by atoms with van der Waals surface area (Å²) >= 11 is 0. The van der Waals surface area contributed by atoms with Crippen LogP contribution >= 0.6 is 0 Å². The molecule has 0 aromatic heterocycles. The summed E-state index contributed by atoms with van der Waals surface area (Å²) in [5, 5.41) is 6.54. The van der Waals surface area contributed by atoms with Crippen LogP contribution in [0.2, 0.25) is 0 Å². The first-order valence-corrected chi connectivity index (χ1v) is 7.88. The van der Waals surface area contributed by atoms with Crippen LogP contribution < -0.4 is 10.6 Å². The van der Waals surface area contributed by atoms with Gasteiger partial charge in [0.2, 0.25) is 0 Å². The number of nitrogens with zero attached hydrogens (tertiary/aromatic N) is 1. The van der Waals surface area contributed by atoms with Gasteiger partial charge >= 0.3 is 0 Å². The van der Waals surface area contributed by atoms with Gasteiger partial charge in [0.15, 0.2) is 5.96 Å². The molecule has 0 aromatic rings. The zero-order valence-electron chi connectivity index (χ0n) is 12.7. The lowest BCUT2D eigenvalue weighted by molar-refractivity contribution is 0.203. The van der Waals surface area contributed by atoms with Crippen molar-refractivity contribution in [2.45, 2.75) is 51.9 Å². The molecule has 0 bridgehead atoms. The van der Waals surface area contributed by atoms with E-state index >= 15 is 0 Å². The predicted octanol–water partition coefficient (Wildman–Crippen LogP) is 2.55. The number of nitrogens with one attached hydrogen (secondary N) is 2. The summed E-state index contributed by atoms with van der Waals surface area (Å²) in [4.78, 5) is 4.61. The van der Waals surface area contributed by atoms with E-state index in [1.165, 1.54) is 44.9 Å². The standard InChI is InChI=1S/C15H31N3O/c1-3-16-15(18-12-13-19-2)17-11-7-10-14-8-5-4-6-9-14/h14H,3-13H2,1-2H3,(H2,16,17,18). The fourth-order valence-electron chi connectivity index (χ4n) is 2.66. The zero-order valence-corrected chi connectivity index (χ0v) is 12.7. The molecule has 4 nitrogen and oxygen atoms in total. The van der Waals surface area contributed by atoms with Gasteiger partial charge in [0.25, 0.3) is 0 Å². The van der Waals surface area contributed by atoms with E-state index in [0.29, 0.717) is 6.61 Å². The maximum atomic E-state index is 5.03. The van der Waals surface area contributed by atoms with E-state index in [1.54, 1.807) is 7.11 Å². The molecule has 0 unspecified atom stereocenters. The summed E-state index contributed by atoms with van der Waals surface area (Å²) in [6.07, 6.45) is 9.77. The smallest absolute Gasteiger partial charge is 0.191 e. The summed E-state index contributed by atoms with van der Waals surface area (Å²) in [5.41, 5.74) is 0. The molecule has 1 rings (SSSR count). The first-order valence-electron chi connectivity index (χ1n) is 7.88. The minimum Gasteiger partial charge on any atom is -0.383 e. The van der Waals surface area contributed by atoms with Crippen molar-refractivity contribution in [3.05, 3.63) is 0 Å². The predicted molar refractivity (Wildman–Crippen MR) is 81.7 cm³/mol. The second kappa shape index (κ2) is 11.1. The molecule has 0 spiro atoms. The zero-order chi connectivity index (χ0) is 13.8. The first kappa shape index (κ1) is 16.3. The Morgan fingerprint density at radius 3 is 2.68 bits per heavy atom. The Kier molecular flexibility index (Phi) is 9.51. The number of ether oxygens (including phenoxy) is 1. The van der Waals surface area contributed by atoms with Gasteiger partial charge < -0.3 is 15.4 Å². The molecule has 0 radical (unpaired) electrons. The highest BCUT2D eigenvalue weighted by atomic mass is 16.5. The lowest BCUT2D eigenvalue weighted by Gasteiger charge is -2.20. The van der Waals surface area contributed by atoms with Crippen molar-refractivity contribution in [3.8, 4) is 0 Å². The molecule has 0 amide bonds. The van der Waals surface area contributed by atoms with Gasteiger partial charge in [-0.05, 0) is 25.7 Å². The Morgan fingerprint density at radius 2 is 2.00 bits per heavy atom. The Hall–Kier alpha value is -0.770. The van der Waals surface area contributed by atoms with Crippen molar-refractivity contribution in [1.82, 2.24) is 10.6 Å². The second-order valence-corrected chi connectivity index (χ2v) is 5.33. The number of hydrogen-bond acceptors (Lipinski definition) is 2. The Balaban J connectivity index is 2.14. The molecule has 19 heavy (non-hydrogen) atoms. The molecule has 0 atom stereocenters. The third-order valence-corrected chi connectivity index (χ3v) is 3.71. The molecule has 1 aliphatic carbocycles. The highest BCUT2D eigenvalue weighted by molar-refractivity contribution is 5.79. The average molecular weight is 269 g/mol. The van der Waals surface area contributed by atoms with Crippen LogP contribution in [0.3, 0.4) is 0 Å². The van der Waals surface area contributed by atoms with Gasteiger partial charge in [-0.3, -0.25) is 4.99 Å². The highest BCUT2D eigenvalue weighted by Gasteiger charge is 2.12. The first-order chi connectivity index (χ1) is 9.36. The van der Waals surface area contributed by atoms with Crippen LogP contribution in [-0.2, 0) is 4.74 Å². The average Bonchev–Trinajstić information content (AvgIpc) is 2.45. The maximum Gasteiger partial charge on any atom is 0.191 e. The van der Waals surface area contributed by atoms with Crippen LogP contribution in [0.1, 0.15) is 51.9 Å². The lowest BCUT2D eigenvalue weighted by Crippen LogP contribution is -2.39. The van der Waals surface area contributed by atoms with Crippen molar-refractivity contribution >= 4 is 5.96 Å². The largest absolute Gasteiger partial charge is 0.383 e. The summed E-state index contributed by atoms with van der Waals surface area (Å²) in [6.45, 7) is 5.45. The van der Waals surface area contributed by atoms with Crippen molar-refractivity contribution < 1.29 is 4.74 Å². The SMILES string of the molecule is CCNC(=NCCCC1CCCCC1)NCCOC. The number of rotatable bonds is 8. The highest BCUT2D eigenvalue weighted by Crippen LogP contribution is 2.27. The van der Waals surface area contributed by atoms with E-state index in [4.69, 9.17) is 4.74 Å². The maximum absolute atomic E-state index is 5.03. The number of hydrogen-bond donors (Lipinski definition) is 2. The Labute approximate surface area is 118 Å². The molecule has 0 heterocycles. The molecular weight excluding hydrogens is 238 g/mol. The normalized spacial score (nSPS) is 17.5. The van der Waals surface area contributed by atoms with Gasteiger partial charge in [-0.25, -0.2) is 0 Å². The third-order valence-electron chi connectivity index (χ3n) is 3.71. The van der Waals surface area contributed by atoms with Crippen LogP contribution in [0, 0.1) is 5.92 Å². The van der Waals surface area contributed by atoms with Gasteiger partial charge in [-0.1, -0.05) is 32.1 Å². The minimum absolute atomic E-state index is 0.715. The monoisotopic (exact) mass is 269 g/mol. The Bertz CT molecular complexity index is 238. The van der Waals surface area contributed by atoms with Crippen LogP contribution in [0.5, 0.6) is 0 Å². The molecule has 1 saturated carbocycles. The van der Waals surface area contributed by atoms with Gasteiger partial charge in [-0.2, -0.15) is 0 Å². The summed E-state index contributed by atoms with van der Waals surface area (Å²) in [5.74, 6) is 1.89. The number of aliphatic imine (C=N–C) groups is 1. The lowest BCUT2D eigenvalue weighted by atomic mass is 9.86. The molecule has 0 aromatic carbocycles. The topological polar surface area (TPSA) is 45.7 Å². The van der Waals surface area contributed by atoms with E-state index in [2.05, 4.69) is 22.5 Å². The van der Waals surface area contributed by atoms with Crippen molar-refractivity contribution in [2.24, 2.45) is 10.9 Å². The molecule has 0 saturated heterocycles. The summed E-state index contributed by atoms with van der Waals surface area (Å²) in [7, 11) is 1.72. The van der Waals surface area contributed by atoms with E-state index < -0.39 is 0 Å². The molecule has 0 aliphatic heterocycles. The van der Waals surface area contributed by atoms with E-state index in [0.717, 1.165) is 31.5 Å². The van der Waals surface area contributed by atoms with Crippen molar-refractivity contribution in [3.63, 3.8) is 0 Å². The molecule has 1 fully saturated rings. The van der Waals surface area contributed by atoms with Crippen LogP contribution in [0.15, 0.2) is 4.99 Å². The molecule has 112 valence electrons.